The highest BCUT2D eigenvalue weighted by atomic mass is 16.6. The van der Waals surface area contributed by atoms with Gasteiger partial charge in [0, 0.05) is 17.4 Å². The Bertz CT molecular complexity index is 498. The number of carbonyl (C=O) groups excluding carboxylic acids is 2. The number of fused-ring (bicyclic) bond motifs is 3. The van der Waals surface area contributed by atoms with Gasteiger partial charge in [-0.3, -0.25) is 9.59 Å². The average Bonchev–Trinajstić information content (AvgIpc) is 2.68. The summed E-state index contributed by atoms with van der Waals surface area (Å²) in [5, 5.41) is 0. The van der Waals surface area contributed by atoms with Gasteiger partial charge in [0.1, 0.15) is 6.10 Å². The first-order valence-corrected chi connectivity index (χ1v) is 6.63. The average molecular weight is 246 g/mol. The van der Waals surface area contributed by atoms with Crippen molar-refractivity contribution in [3.05, 3.63) is 22.8 Å². The van der Waals surface area contributed by atoms with Crippen LogP contribution in [0.2, 0.25) is 0 Å². The molecule has 1 fully saturated rings. The van der Waals surface area contributed by atoms with Gasteiger partial charge in [0.15, 0.2) is 5.78 Å². The third-order valence-electron chi connectivity index (χ3n) is 4.76. The fourth-order valence-corrected chi connectivity index (χ4v) is 3.69. The molecule has 0 saturated carbocycles. The number of esters is 1. The second-order valence-corrected chi connectivity index (χ2v) is 5.82. The van der Waals surface area contributed by atoms with Crippen LogP contribution in [-0.2, 0) is 14.3 Å². The molecular formula is C15H18O3. The zero-order chi connectivity index (χ0) is 13.0. The van der Waals surface area contributed by atoms with Crippen LogP contribution in [0.4, 0.5) is 0 Å². The molecule has 0 bridgehead atoms. The Labute approximate surface area is 107 Å². The minimum Gasteiger partial charge on any atom is -0.461 e. The quantitative estimate of drug-likeness (QED) is 0.616. The van der Waals surface area contributed by atoms with Crippen molar-refractivity contribution in [1.82, 2.24) is 0 Å². The van der Waals surface area contributed by atoms with Gasteiger partial charge in [0.25, 0.3) is 0 Å². The maximum Gasteiger partial charge on any atom is 0.309 e. The van der Waals surface area contributed by atoms with Gasteiger partial charge in [-0.1, -0.05) is 18.1 Å². The van der Waals surface area contributed by atoms with Crippen LogP contribution in [0.5, 0.6) is 0 Å². The van der Waals surface area contributed by atoms with Crippen molar-refractivity contribution in [2.45, 2.75) is 39.7 Å². The molecule has 3 heteroatoms. The highest BCUT2D eigenvalue weighted by molar-refractivity contribution is 6.09. The number of ketones is 1. The highest BCUT2D eigenvalue weighted by Gasteiger charge is 2.50. The van der Waals surface area contributed by atoms with E-state index < -0.39 is 0 Å². The van der Waals surface area contributed by atoms with Gasteiger partial charge in [-0.2, -0.15) is 0 Å². The lowest BCUT2D eigenvalue weighted by Crippen LogP contribution is -2.28. The molecule has 0 aromatic carbocycles. The number of allylic oxidation sites excluding steroid dienone is 2. The molecule has 1 heterocycles. The van der Waals surface area contributed by atoms with E-state index >= 15 is 0 Å². The Morgan fingerprint density at radius 1 is 1.28 bits per heavy atom. The van der Waals surface area contributed by atoms with Crippen molar-refractivity contribution in [3.63, 3.8) is 0 Å². The standard InChI is InChI=1S/C15H18O3/c1-7-4-5-10-9(3)15(17)18-14(10)13-8(2)6-11(16)12(7)13/h6,9-10,13-14H,4-5H2,1-3H3/t9-,10-,13+,14+/m1/s1. The molecule has 2 aliphatic carbocycles. The second-order valence-electron chi connectivity index (χ2n) is 5.82. The fraction of sp³-hybridized carbons (Fsp3) is 0.600. The van der Waals surface area contributed by atoms with Gasteiger partial charge in [0.05, 0.1) is 5.92 Å². The molecule has 3 nitrogen and oxygen atoms in total. The van der Waals surface area contributed by atoms with E-state index in [9.17, 15) is 9.59 Å². The molecule has 3 aliphatic rings. The van der Waals surface area contributed by atoms with E-state index in [0.29, 0.717) is 0 Å². The molecule has 3 rings (SSSR count). The Balaban J connectivity index is 2.07. The normalized spacial score (nSPS) is 39.2. The van der Waals surface area contributed by atoms with Gasteiger partial charge in [-0.15, -0.1) is 0 Å². The molecule has 0 radical (unpaired) electrons. The van der Waals surface area contributed by atoms with Crippen molar-refractivity contribution < 1.29 is 14.3 Å². The van der Waals surface area contributed by atoms with Gasteiger partial charge >= 0.3 is 5.97 Å². The Morgan fingerprint density at radius 2 is 2.00 bits per heavy atom. The summed E-state index contributed by atoms with van der Waals surface area (Å²) in [4.78, 5) is 23.8. The molecule has 0 aromatic rings. The summed E-state index contributed by atoms with van der Waals surface area (Å²) >= 11 is 0. The SMILES string of the molecule is CC1=CC(=O)C2=C(C)CC[C@H]3[C@H](OC(=O)[C@@H]3C)[C@@H]12. The van der Waals surface area contributed by atoms with Gasteiger partial charge in [-0.05, 0) is 32.8 Å². The summed E-state index contributed by atoms with van der Waals surface area (Å²) in [6, 6.07) is 0. The Kier molecular flexibility index (Phi) is 2.47. The molecule has 4 atom stereocenters. The third kappa shape index (κ3) is 1.43. The van der Waals surface area contributed by atoms with E-state index in [1.807, 2.05) is 20.8 Å². The molecular weight excluding hydrogens is 228 g/mol. The van der Waals surface area contributed by atoms with E-state index in [1.165, 1.54) is 5.57 Å². The molecule has 0 spiro atoms. The first kappa shape index (κ1) is 11.7. The van der Waals surface area contributed by atoms with E-state index in [2.05, 4.69) is 0 Å². The first-order valence-electron chi connectivity index (χ1n) is 6.63. The van der Waals surface area contributed by atoms with E-state index in [-0.39, 0.29) is 35.6 Å². The van der Waals surface area contributed by atoms with Crippen LogP contribution in [0.15, 0.2) is 22.8 Å². The molecule has 96 valence electrons. The lowest BCUT2D eigenvalue weighted by molar-refractivity contribution is -0.144. The van der Waals surface area contributed by atoms with E-state index in [4.69, 9.17) is 4.74 Å². The van der Waals surface area contributed by atoms with Gasteiger partial charge in [-0.25, -0.2) is 0 Å². The lowest BCUT2D eigenvalue weighted by atomic mass is 9.81. The van der Waals surface area contributed by atoms with Gasteiger partial charge < -0.3 is 4.74 Å². The summed E-state index contributed by atoms with van der Waals surface area (Å²) in [5.41, 5.74) is 3.12. The molecule has 0 aromatic heterocycles. The van der Waals surface area contributed by atoms with Crippen LogP contribution >= 0.6 is 0 Å². The highest BCUT2D eigenvalue weighted by Crippen LogP contribution is 2.47. The summed E-state index contributed by atoms with van der Waals surface area (Å²) in [5.74, 6) is 0.246. The van der Waals surface area contributed by atoms with Crippen molar-refractivity contribution >= 4 is 11.8 Å². The van der Waals surface area contributed by atoms with Crippen molar-refractivity contribution in [3.8, 4) is 0 Å². The smallest absolute Gasteiger partial charge is 0.309 e. The van der Waals surface area contributed by atoms with E-state index in [1.54, 1.807) is 6.08 Å². The minimum absolute atomic E-state index is 0.0129. The van der Waals surface area contributed by atoms with Crippen LogP contribution in [0, 0.1) is 17.8 Å². The van der Waals surface area contributed by atoms with Crippen molar-refractivity contribution in [2.75, 3.05) is 0 Å². The third-order valence-corrected chi connectivity index (χ3v) is 4.76. The second kappa shape index (κ2) is 3.81. The molecule has 18 heavy (non-hydrogen) atoms. The largest absolute Gasteiger partial charge is 0.461 e. The molecule has 1 saturated heterocycles. The summed E-state index contributed by atoms with van der Waals surface area (Å²) in [6.45, 7) is 5.96. The Hall–Kier alpha value is -1.38. The van der Waals surface area contributed by atoms with Crippen molar-refractivity contribution in [2.24, 2.45) is 17.8 Å². The zero-order valence-electron chi connectivity index (χ0n) is 11.0. The van der Waals surface area contributed by atoms with Gasteiger partial charge in [0.2, 0.25) is 0 Å². The van der Waals surface area contributed by atoms with Crippen LogP contribution < -0.4 is 0 Å². The van der Waals surface area contributed by atoms with Crippen LogP contribution in [0.1, 0.15) is 33.6 Å². The maximum absolute atomic E-state index is 12.1. The lowest BCUT2D eigenvalue weighted by Gasteiger charge is -2.24. The van der Waals surface area contributed by atoms with Crippen LogP contribution in [-0.4, -0.2) is 17.9 Å². The maximum atomic E-state index is 12.1. The van der Waals surface area contributed by atoms with E-state index in [0.717, 1.165) is 24.0 Å². The first-order chi connectivity index (χ1) is 8.50. The molecule has 0 unspecified atom stereocenters. The van der Waals surface area contributed by atoms with Crippen LogP contribution in [0.3, 0.4) is 0 Å². The predicted molar refractivity (Wildman–Crippen MR) is 66.7 cm³/mol. The summed E-state index contributed by atoms with van der Waals surface area (Å²) < 4.78 is 5.57. The fourth-order valence-electron chi connectivity index (χ4n) is 3.69. The molecule has 0 amide bonds. The number of ether oxygens (including phenoxy) is 1. The molecule has 1 aliphatic heterocycles. The number of hydrogen-bond acceptors (Lipinski definition) is 3. The number of rotatable bonds is 0. The predicted octanol–water partition coefficient (Wildman–Crippen LogP) is 2.42. The monoisotopic (exact) mass is 246 g/mol. The number of hydrogen-bond donors (Lipinski definition) is 0. The molecule has 0 N–H and O–H groups in total. The van der Waals surface area contributed by atoms with Crippen molar-refractivity contribution in [1.29, 1.82) is 0 Å². The summed E-state index contributed by atoms with van der Waals surface area (Å²) in [7, 11) is 0. The topological polar surface area (TPSA) is 43.4 Å². The summed E-state index contributed by atoms with van der Waals surface area (Å²) in [6.07, 6.45) is 3.44. The minimum atomic E-state index is -0.123. The number of carbonyl (C=O) groups is 2. The Morgan fingerprint density at radius 3 is 2.72 bits per heavy atom. The zero-order valence-corrected chi connectivity index (χ0v) is 11.0. The van der Waals surface area contributed by atoms with Crippen LogP contribution in [0.25, 0.3) is 0 Å².